The van der Waals surface area contributed by atoms with Crippen molar-refractivity contribution in [3.8, 4) is 0 Å². The number of fused-ring (bicyclic) bond motifs is 1. The zero-order valence-electron chi connectivity index (χ0n) is 18.1. The maximum Gasteiger partial charge on any atom is 0.252 e. The monoisotopic (exact) mass is 405 g/mol. The van der Waals surface area contributed by atoms with Crippen LogP contribution in [0.4, 0.5) is 0 Å². The quantitative estimate of drug-likeness (QED) is 0.680. The van der Waals surface area contributed by atoms with Crippen LogP contribution in [0.15, 0.2) is 42.6 Å². The number of rotatable bonds is 6. The molecule has 0 spiro atoms. The zero-order chi connectivity index (χ0) is 21.1. The van der Waals surface area contributed by atoms with Gasteiger partial charge < -0.3 is 5.32 Å². The SMILES string of the molecule is Cc1ccnn1Cc1cc(C(=O)NC[C@H](C)N2CCC(C)CC2)c2ccccc2n1. The topological polar surface area (TPSA) is 63.1 Å². The van der Waals surface area contributed by atoms with Gasteiger partial charge in [0.15, 0.2) is 0 Å². The first-order valence-electron chi connectivity index (χ1n) is 10.9. The van der Waals surface area contributed by atoms with Crippen LogP contribution in [0.1, 0.15) is 48.4 Å². The van der Waals surface area contributed by atoms with Crippen LogP contribution in [0.5, 0.6) is 0 Å². The molecule has 1 aromatic carbocycles. The van der Waals surface area contributed by atoms with Crippen molar-refractivity contribution in [2.45, 2.75) is 46.2 Å². The number of amides is 1. The van der Waals surface area contributed by atoms with Crippen molar-refractivity contribution in [3.63, 3.8) is 0 Å². The number of aromatic nitrogens is 3. The third kappa shape index (κ3) is 4.54. The van der Waals surface area contributed by atoms with Crippen molar-refractivity contribution >= 4 is 16.8 Å². The lowest BCUT2D eigenvalue weighted by atomic mass is 9.98. The summed E-state index contributed by atoms with van der Waals surface area (Å²) in [4.78, 5) is 20.4. The van der Waals surface area contributed by atoms with Crippen molar-refractivity contribution in [1.82, 2.24) is 25.0 Å². The lowest BCUT2D eigenvalue weighted by Gasteiger charge is -2.35. The number of pyridine rings is 1. The number of benzene rings is 1. The average Bonchev–Trinajstić information content (AvgIpc) is 3.16. The van der Waals surface area contributed by atoms with Gasteiger partial charge in [0, 0.05) is 29.9 Å². The van der Waals surface area contributed by atoms with Crippen molar-refractivity contribution in [3.05, 3.63) is 59.5 Å². The van der Waals surface area contributed by atoms with Gasteiger partial charge >= 0.3 is 0 Å². The molecule has 1 atom stereocenters. The highest BCUT2D eigenvalue weighted by atomic mass is 16.1. The Bertz CT molecular complexity index is 1020. The Hall–Kier alpha value is -2.73. The Kier molecular flexibility index (Phi) is 6.13. The molecule has 4 rings (SSSR count). The highest BCUT2D eigenvalue weighted by Crippen LogP contribution is 2.20. The third-order valence-electron chi connectivity index (χ3n) is 6.25. The molecule has 0 saturated carbocycles. The molecular formula is C24H31N5O. The summed E-state index contributed by atoms with van der Waals surface area (Å²) in [7, 11) is 0. The van der Waals surface area contributed by atoms with E-state index in [4.69, 9.17) is 4.98 Å². The molecule has 0 radical (unpaired) electrons. The van der Waals surface area contributed by atoms with Gasteiger partial charge in [0.2, 0.25) is 0 Å². The van der Waals surface area contributed by atoms with Crippen LogP contribution in [0.2, 0.25) is 0 Å². The number of piperidine rings is 1. The van der Waals surface area contributed by atoms with Crippen LogP contribution < -0.4 is 5.32 Å². The fraction of sp³-hybridized carbons (Fsp3) is 0.458. The number of nitrogens with one attached hydrogen (secondary N) is 1. The molecule has 0 aliphatic carbocycles. The maximum absolute atomic E-state index is 13.1. The first kappa shape index (κ1) is 20.5. The first-order chi connectivity index (χ1) is 14.5. The summed E-state index contributed by atoms with van der Waals surface area (Å²) in [5.41, 5.74) is 3.42. The van der Waals surface area contributed by atoms with Crippen LogP contribution in [0.25, 0.3) is 10.9 Å². The predicted molar refractivity (Wildman–Crippen MR) is 120 cm³/mol. The van der Waals surface area contributed by atoms with Gasteiger partial charge in [-0.05, 0) is 63.9 Å². The minimum atomic E-state index is -0.0377. The number of carbonyl (C=O) groups excluding carboxylic acids is 1. The normalized spacial score (nSPS) is 16.6. The fourth-order valence-corrected chi connectivity index (χ4v) is 4.15. The highest BCUT2D eigenvalue weighted by molar-refractivity contribution is 6.06. The number of aryl methyl sites for hydroxylation is 1. The summed E-state index contributed by atoms with van der Waals surface area (Å²) in [5.74, 6) is 0.771. The third-order valence-corrected chi connectivity index (χ3v) is 6.25. The van der Waals surface area contributed by atoms with Gasteiger partial charge in [-0.3, -0.25) is 19.4 Å². The lowest BCUT2D eigenvalue weighted by Crippen LogP contribution is -2.45. The molecule has 0 bridgehead atoms. The predicted octanol–water partition coefficient (Wildman–Crippen LogP) is 3.64. The molecule has 1 amide bonds. The number of nitrogens with zero attached hydrogens (tertiary/aromatic N) is 4. The molecule has 2 aromatic heterocycles. The maximum atomic E-state index is 13.1. The molecule has 0 unspecified atom stereocenters. The summed E-state index contributed by atoms with van der Waals surface area (Å²) in [6.45, 7) is 9.97. The Balaban J connectivity index is 1.51. The number of carbonyl (C=O) groups is 1. The Morgan fingerprint density at radius 3 is 2.73 bits per heavy atom. The number of likely N-dealkylation sites (tertiary alicyclic amines) is 1. The molecule has 3 heterocycles. The summed E-state index contributed by atoms with van der Waals surface area (Å²) >= 11 is 0. The van der Waals surface area contributed by atoms with Crippen LogP contribution in [-0.2, 0) is 6.54 Å². The van der Waals surface area contributed by atoms with E-state index in [-0.39, 0.29) is 5.91 Å². The second kappa shape index (κ2) is 8.96. The van der Waals surface area contributed by atoms with E-state index < -0.39 is 0 Å². The van der Waals surface area contributed by atoms with E-state index in [1.54, 1.807) is 6.20 Å². The highest BCUT2D eigenvalue weighted by Gasteiger charge is 2.21. The van der Waals surface area contributed by atoms with E-state index >= 15 is 0 Å². The molecule has 6 heteroatoms. The Labute approximate surface area is 178 Å². The number of hydrogen-bond donors (Lipinski definition) is 1. The van der Waals surface area contributed by atoms with Gasteiger partial charge in [-0.25, -0.2) is 0 Å². The van der Waals surface area contributed by atoms with E-state index in [0.29, 0.717) is 24.7 Å². The molecule has 1 N–H and O–H groups in total. The molecule has 3 aromatic rings. The van der Waals surface area contributed by atoms with Crippen LogP contribution in [-0.4, -0.2) is 51.2 Å². The molecule has 1 aliphatic rings. The minimum absolute atomic E-state index is 0.0377. The number of hydrogen-bond acceptors (Lipinski definition) is 4. The zero-order valence-corrected chi connectivity index (χ0v) is 18.1. The van der Waals surface area contributed by atoms with E-state index in [1.807, 2.05) is 48.0 Å². The fourth-order valence-electron chi connectivity index (χ4n) is 4.15. The van der Waals surface area contributed by atoms with Gasteiger partial charge in [0.05, 0.1) is 23.3 Å². The molecule has 1 fully saturated rings. The molecule has 1 aliphatic heterocycles. The van der Waals surface area contributed by atoms with E-state index in [1.165, 1.54) is 12.8 Å². The molecule has 6 nitrogen and oxygen atoms in total. The number of para-hydroxylation sites is 1. The van der Waals surface area contributed by atoms with Crippen molar-refractivity contribution in [2.75, 3.05) is 19.6 Å². The molecule has 30 heavy (non-hydrogen) atoms. The van der Waals surface area contributed by atoms with Gasteiger partial charge in [0.1, 0.15) is 0 Å². The van der Waals surface area contributed by atoms with Gasteiger partial charge in [0.25, 0.3) is 5.91 Å². The van der Waals surface area contributed by atoms with Crippen molar-refractivity contribution in [1.29, 1.82) is 0 Å². The Morgan fingerprint density at radius 2 is 2.00 bits per heavy atom. The summed E-state index contributed by atoms with van der Waals surface area (Å²) in [6, 6.07) is 12.1. The van der Waals surface area contributed by atoms with Crippen LogP contribution >= 0.6 is 0 Å². The van der Waals surface area contributed by atoms with E-state index in [2.05, 4.69) is 29.2 Å². The molecule has 1 saturated heterocycles. The Morgan fingerprint density at radius 1 is 1.23 bits per heavy atom. The second-order valence-corrected chi connectivity index (χ2v) is 8.59. The van der Waals surface area contributed by atoms with E-state index in [0.717, 1.165) is 41.3 Å². The standard InChI is InChI=1S/C24H31N5O/c1-17-9-12-28(13-10-17)19(3)15-25-24(30)22-14-20(16-29-18(2)8-11-26-29)27-23-7-5-4-6-21(22)23/h4-8,11,14,17,19H,9-10,12-13,15-16H2,1-3H3,(H,25,30)/t19-/m0/s1. The van der Waals surface area contributed by atoms with Gasteiger partial charge in [-0.2, -0.15) is 5.10 Å². The summed E-state index contributed by atoms with van der Waals surface area (Å²) in [5, 5.41) is 8.40. The second-order valence-electron chi connectivity index (χ2n) is 8.59. The smallest absolute Gasteiger partial charge is 0.252 e. The van der Waals surface area contributed by atoms with Gasteiger partial charge in [-0.1, -0.05) is 25.1 Å². The van der Waals surface area contributed by atoms with Crippen LogP contribution in [0, 0.1) is 12.8 Å². The lowest BCUT2D eigenvalue weighted by molar-refractivity contribution is 0.0923. The first-order valence-corrected chi connectivity index (χ1v) is 10.9. The van der Waals surface area contributed by atoms with Crippen molar-refractivity contribution in [2.24, 2.45) is 5.92 Å². The largest absolute Gasteiger partial charge is 0.350 e. The van der Waals surface area contributed by atoms with Crippen molar-refractivity contribution < 1.29 is 4.79 Å². The minimum Gasteiger partial charge on any atom is -0.350 e. The molecule has 158 valence electrons. The van der Waals surface area contributed by atoms with Gasteiger partial charge in [-0.15, -0.1) is 0 Å². The van der Waals surface area contributed by atoms with E-state index in [9.17, 15) is 4.79 Å². The molecular weight excluding hydrogens is 374 g/mol. The summed E-state index contributed by atoms with van der Waals surface area (Å²) < 4.78 is 1.90. The van der Waals surface area contributed by atoms with Crippen LogP contribution in [0.3, 0.4) is 0 Å². The average molecular weight is 406 g/mol. The summed E-state index contributed by atoms with van der Waals surface area (Å²) in [6.07, 6.45) is 4.26.